The normalized spacial score (nSPS) is 12.7. The van der Waals surface area contributed by atoms with Gasteiger partial charge >= 0.3 is 0 Å². The van der Waals surface area contributed by atoms with Crippen LogP contribution in [0.1, 0.15) is 27.7 Å². The van der Waals surface area contributed by atoms with Gasteiger partial charge in [0.2, 0.25) is 0 Å². The summed E-state index contributed by atoms with van der Waals surface area (Å²) in [6, 6.07) is 10.6. The minimum absolute atomic E-state index is 0.138. The fraction of sp³-hybridized carbons (Fsp3) is 0.312. The van der Waals surface area contributed by atoms with Crippen LogP contribution in [0.5, 0.6) is 0 Å². The number of hydrogen-bond donors (Lipinski definition) is 0. The highest BCUT2D eigenvalue weighted by atomic mass is 32.1. The Morgan fingerprint density at radius 1 is 1.26 bits per heavy atom. The number of benzene rings is 1. The van der Waals surface area contributed by atoms with Gasteiger partial charge in [0.25, 0.3) is 5.91 Å². The highest BCUT2D eigenvalue weighted by Gasteiger charge is 2.22. The van der Waals surface area contributed by atoms with Crippen LogP contribution >= 0.6 is 11.3 Å². The summed E-state index contributed by atoms with van der Waals surface area (Å²) in [7, 11) is 1.86. The van der Waals surface area contributed by atoms with Gasteiger partial charge in [0, 0.05) is 18.5 Å². The van der Waals surface area contributed by atoms with Crippen molar-refractivity contribution in [3.8, 4) is 10.4 Å². The molecule has 1 aliphatic rings. The van der Waals surface area contributed by atoms with E-state index in [9.17, 15) is 4.79 Å². The maximum atomic E-state index is 12.2. The van der Waals surface area contributed by atoms with Crippen LogP contribution in [0.15, 0.2) is 30.3 Å². The maximum absolute atomic E-state index is 12.2. The van der Waals surface area contributed by atoms with Crippen LogP contribution in [0.4, 0.5) is 0 Å². The molecule has 98 valence electrons. The van der Waals surface area contributed by atoms with Crippen molar-refractivity contribution in [1.82, 2.24) is 4.90 Å². The van der Waals surface area contributed by atoms with E-state index in [-0.39, 0.29) is 5.91 Å². The van der Waals surface area contributed by atoms with Crippen LogP contribution in [-0.4, -0.2) is 24.4 Å². The van der Waals surface area contributed by atoms with Crippen molar-refractivity contribution in [1.29, 1.82) is 0 Å². The van der Waals surface area contributed by atoms with E-state index < -0.39 is 0 Å². The molecule has 2 nitrogen and oxygen atoms in total. The molecule has 0 saturated carbocycles. The number of aryl methyl sites for hydroxylation is 2. The molecule has 0 aliphatic heterocycles. The van der Waals surface area contributed by atoms with Crippen molar-refractivity contribution >= 4 is 17.2 Å². The average Bonchev–Trinajstić information content (AvgIpc) is 2.90. The molecule has 1 amide bonds. The second-order valence-electron chi connectivity index (χ2n) is 4.94. The summed E-state index contributed by atoms with van der Waals surface area (Å²) in [5.74, 6) is 0.138. The van der Waals surface area contributed by atoms with E-state index in [0.29, 0.717) is 0 Å². The van der Waals surface area contributed by atoms with E-state index in [0.717, 1.165) is 24.3 Å². The number of rotatable bonds is 2. The first-order chi connectivity index (χ1) is 9.20. The number of carbonyl (C=O) groups is 1. The highest BCUT2D eigenvalue weighted by Crippen LogP contribution is 2.39. The van der Waals surface area contributed by atoms with Crippen molar-refractivity contribution in [3.05, 3.63) is 46.3 Å². The number of hydrogen-bond acceptors (Lipinski definition) is 2. The molecule has 1 aromatic heterocycles. The fourth-order valence-electron chi connectivity index (χ4n) is 2.51. The molecule has 2 aromatic rings. The lowest BCUT2D eigenvalue weighted by Gasteiger charge is -2.15. The third-order valence-electron chi connectivity index (χ3n) is 3.77. The minimum Gasteiger partial charge on any atom is -0.341 e. The van der Waals surface area contributed by atoms with Crippen molar-refractivity contribution in [2.75, 3.05) is 13.6 Å². The maximum Gasteiger partial charge on any atom is 0.263 e. The second kappa shape index (κ2) is 4.82. The molecule has 0 fully saturated rings. The van der Waals surface area contributed by atoms with Crippen molar-refractivity contribution in [3.63, 3.8) is 0 Å². The zero-order chi connectivity index (χ0) is 13.4. The summed E-state index contributed by atoms with van der Waals surface area (Å²) in [4.78, 5) is 16.2. The SMILES string of the molecule is CCN(C)C(=O)c1cc2c(s1)-c1ccccc1CC2. The Morgan fingerprint density at radius 3 is 2.79 bits per heavy atom. The third-order valence-corrected chi connectivity index (χ3v) is 4.97. The van der Waals surface area contributed by atoms with E-state index in [2.05, 4.69) is 30.3 Å². The summed E-state index contributed by atoms with van der Waals surface area (Å²) < 4.78 is 0. The first kappa shape index (κ1) is 12.4. The Bertz CT molecular complexity index is 629. The van der Waals surface area contributed by atoms with Gasteiger partial charge in [-0.25, -0.2) is 0 Å². The minimum atomic E-state index is 0.138. The number of fused-ring (bicyclic) bond motifs is 3. The van der Waals surface area contributed by atoms with Crippen LogP contribution in [0.2, 0.25) is 0 Å². The molecule has 0 saturated heterocycles. The van der Waals surface area contributed by atoms with Gasteiger partial charge in [0.15, 0.2) is 0 Å². The van der Waals surface area contributed by atoms with E-state index in [1.54, 1.807) is 16.2 Å². The van der Waals surface area contributed by atoms with E-state index in [1.807, 2.05) is 14.0 Å². The molecule has 0 radical (unpaired) electrons. The Kier molecular flexibility index (Phi) is 3.15. The van der Waals surface area contributed by atoms with Crippen molar-refractivity contribution in [2.24, 2.45) is 0 Å². The van der Waals surface area contributed by atoms with Gasteiger partial charge in [-0.2, -0.15) is 0 Å². The lowest BCUT2D eigenvalue weighted by atomic mass is 9.91. The molecule has 0 unspecified atom stereocenters. The summed E-state index contributed by atoms with van der Waals surface area (Å²) in [6.07, 6.45) is 2.13. The molecule has 0 N–H and O–H groups in total. The summed E-state index contributed by atoms with van der Waals surface area (Å²) in [5, 5.41) is 0. The van der Waals surface area contributed by atoms with E-state index in [1.165, 1.54) is 21.6 Å². The molecule has 1 aromatic carbocycles. The predicted molar refractivity (Wildman–Crippen MR) is 79.8 cm³/mol. The zero-order valence-electron chi connectivity index (χ0n) is 11.3. The lowest BCUT2D eigenvalue weighted by molar-refractivity contribution is 0.0807. The first-order valence-electron chi connectivity index (χ1n) is 6.67. The smallest absolute Gasteiger partial charge is 0.263 e. The monoisotopic (exact) mass is 271 g/mol. The van der Waals surface area contributed by atoms with Gasteiger partial charge in [-0.15, -0.1) is 11.3 Å². The molecule has 3 heteroatoms. The first-order valence-corrected chi connectivity index (χ1v) is 7.48. The molecule has 3 rings (SSSR count). The molecule has 1 heterocycles. The van der Waals surface area contributed by atoms with Crippen LogP contribution in [-0.2, 0) is 12.8 Å². The number of carbonyl (C=O) groups excluding carboxylic acids is 1. The Hall–Kier alpha value is -1.61. The molecule has 0 spiro atoms. The lowest BCUT2D eigenvalue weighted by Crippen LogP contribution is -2.25. The number of thiophene rings is 1. The molecule has 0 atom stereocenters. The third kappa shape index (κ3) is 2.08. The van der Waals surface area contributed by atoms with Gasteiger partial charge in [-0.1, -0.05) is 24.3 Å². The summed E-state index contributed by atoms with van der Waals surface area (Å²) >= 11 is 1.64. The Balaban J connectivity index is 2.04. The van der Waals surface area contributed by atoms with Gasteiger partial charge in [0.1, 0.15) is 0 Å². The highest BCUT2D eigenvalue weighted by molar-refractivity contribution is 7.17. The van der Waals surface area contributed by atoms with Crippen LogP contribution < -0.4 is 0 Å². The number of amides is 1. The standard InChI is InChI=1S/C16H17NOS/c1-3-17(2)16(18)14-10-12-9-8-11-6-4-5-7-13(11)15(12)19-14/h4-7,10H,3,8-9H2,1-2H3. The predicted octanol–water partition coefficient (Wildman–Crippen LogP) is 3.61. The fourth-order valence-corrected chi connectivity index (χ4v) is 3.77. The van der Waals surface area contributed by atoms with Gasteiger partial charge in [0.05, 0.1) is 4.88 Å². The van der Waals surface area contributed by atoms with E-state index >= 15 is 0 Å². The van der Waals surface area contributed by atoms with Crippen molar-refractivity contribution in [2.45, 2.75) is 19.8 Å². The van der Waals surface area contributed by atoms with Gasteiger partial charge in [-0.05, 0) is 42.5 Å². The Morgan fingerprint density at radius 2 is 2.00 bits per heavy atom. The molecule has 0 bridgehead atoms. The van der Waals surface area contributed by atoms with Crippen molar-refractivity contribution < 1.29 is 4.79 Å². The topological polar surface area (TPSA) is 20.3 Å². The molecular formula is C16H17NOS. The molecular weight excluding hydrogens is 254 g/mol. The quantitative estimate of drug-likeness (QED) is 0.817. The summed E-state index contributed by atoms with van der Waals surface area (Å²) in [5.41, 5.74) is 4.04. The van der Waals surface area contributed by atoms with Crippen LogP contribution in [0, 0.1) is 0 Å². The van der Waals surface area contributed by atoms with Crippen LogP contribution in [0.3, 0.4) is 0 Å². The number of nitrogens with zero attached hydrogens (tertiary/aromatic N) is 1. The summed E-state index contributed by atoms with van der Waals surface area (Å²) in [6.45, 7) is 2.75. The zero-order valence-corrected chi connectivity index (χ0v) is 12.1. The van der Waals surface area contributed by atoms with E-state index in [4.69, 9.17) is 0 Å². The average molecular weight is 271 g/mol. The van der Waals surface area contributed by atoms with Gasteiger partial charge < -0.3 is 4.90 Å². The second-order valence-corrected chi connectivity index (χ2v) is 5.99. The van der Waals surface area contributed by atoms with Crippen LogP contribution in [0.25, 0.3) is 10.4 Å². The molecule has 19 heavy (non-hydrogen) atoms. The molecule has 1 aliphatic carbocycles. The Labute approximate surface area is 117 Å². The van der Waals surface area contributed by atoms with Gasteiger partial charge in [-0.3, -0.25) is 4.79 Å². The largest absolute Gasteiger partial charge is 0.341 e.